The molecule has 10 heteroatoms. The van der Waals surface area contributed by atoms with Crippen molar-refractivity contribution in [3.05, 3.63) is 17.1 Å². The summed E-state index contributed by atoms with van der Waals surface area (Å²) in [5, 5.41) is 3.84. The minimum absolute atomic E-state index is 0.0550. The molecular formula is C17H19F2N5O3. The SMILES string of the molecule is CCOC(=O)Cc1nc(-c2nc(N3CC[C@@H]3C)nc3c2CCC3(F)F)no1. The van der Waals surface area contributed by atoms with Crippen LogP contribution in [-0.2, 0) is 28.3 Å². The number of fused-ring (bicyclic) bond motifs is 1. The fraction of sp³-hybridized carbons (Fsp3) is 0.588. The van der Waals surface area contributed by atoms with E-state index in [1.807, 2.05) is 11.8 Å². The van der Waals surface area contributed by atoms with Crippen molar-refractivity contribution in [2.75, 3.05) is 18.1 Å². The van der Waals surface area contributed by atoms with Crippen LogP contribution in [0.2, 0.25) is 0 Å². The topological polar surface area (TPSA) is 94.2 Å². The van der Waals surface area contributed by atoms with E-state index in [0.717, 1.165) is 6.42 Å². The standard InChI is InChI=1S/C17H19F2N5O3/c1-3-26-12(25)8-11-20-15(23-27-11)13-10-4-6-17(18,19)14(10)22-16(21-13)24-7-5-9(24)2/h9H,3-8H2,1-2H3/t9-/m0/s1. The first kappa shape index (κ1) is 17.7. The van der Waals surface area contributed by atoms with Crippen LogP contribution in [0.4, 0.5) is 14.7 Å². The van der Waals surface area contributed by atoms with Gasteiger partial charge in [-0.25, -0.2) is 9.97 Å². The van der Waals surface area contributed by atoms with Crippen molar-refractivity contribution in [1.82, 2.24) is 20.1 Å². The molecule has 0 amide bonds. The number of aromatic nitrogens is 4. The van der Waals surface area contributed by atoms with Gasteiger partial charge in [0.05, 0.1) is 6.61 Å². The molecule has 1 saturated heterocycles. The minimum Gasteiger partial charge on any atom is -0.466 e. The molecule has 0 saturated carbocycles. The highest BCUT2D eigenvalue weighted by molar-refractivity contribution is 5.71. The van der Waals surface area contributed by atoms with Gasteiger partial charge in [-0.1, -0.05) is 5.16 Å². The second-order valence-electron chi connectivity index (χ2n) is 6.73. The lowest BCUT2D eigenvalue weighted by atomic mass is 10.1. The van der Waals surface area contributed by atoms with Crippen molar-refractivity contribution in [1.29, 1.82) is 0 Å². The van der Waals surface area contributed by atoms with Crippen molar-refractivity contribution >= 4 is 11.9 Å². The number of esters is 1. The Bertz CT molecular complexity index is 885. The molecule has 0 aromatic carbocycles. The third kappa shape index (κ3) is 3.13. The summed E-state index contributed by atoms with van der Waals surface area (Å²) >= 11 is 0. The van der Waals surface area contributed by atoms with Gasteiger partial charge in [0.2, 0.25) is 17.7 Å². The van der Waals surface area contributed by atoms with E-state index in [-0.39, 0.29) is 61.0 Å². The van der Waals surface area contributed by atoms with Crippen LogP contribution in [0.3, 0.4) is 0 Å². The third-order valence-corrected chi connectivity index (χ3v) is 4.89. The molecule has 0 spiro atoms. The minimum atomic E-state index is -3.01. The average molecular weight is 379 g/mol. The summed E-state index contributed by atoms with van der Waals surface area (Å²) in [6.45, 7) is 4.64. The number of ether oxygens (including phenoxy) is 1. The summed E-state index contributed by atoms with van der Waals surface area (Å²) in [6, 6.07) is 0.190. The van der Waals surface area contributed by atoms with Crippen LogP contribution in [-0.4, -0.2) is 45.3 Å². The molecule has 0 bridgehead atoms. The fourth-order valence-corrected chi connectivity index (χ4v) is 3.30. The molecule has 144 valence electrons. The summed E-state index contributed by atoms with van der Waals surface area (Å²) in [6.07, 6.45) is 0.587. The molecule has 27 heavy (non-hydrogen) atoms. The number of anilines is 1. The van der Waals surface area contributed by atoms with Crippen LogP contribution < -0.4 is 4.90 Å². The van der Waals surface area contributed by atoms with Gasteiger partial charge in [-0.05, 0) is 26.7 Å². The number of carbonyl (C=O) groups is 1. The highest BCUT2D eigenvalue weighted by atomic mass is 19.3. The summed E-state index contributed by atoms with van der Waals surface area (Å²) in [5.41, 5.74) is 0.309. The zero-order valence-electron chi connectivity index (χ0n) is 15.0. The fourth-order valence-electron chi connectivity index (χ4n) is 3.30. The lowest BCUT2D eigenvalue weighted by molar-refractivity contribution is -0.142. The van der Waals surface area contributed by atoms with Gasteiger partial charge in [0, 0.05) is 24.6 Å². The molecule has 1 aliphatic heterocycles. The second kappa shape index (κ2) is 6.50. The zero-order chi connectivity index (χ0) is 19.2. The number of carbonyl (C=O) groups excluding carboxylic acids is 1. The number of hydrogen-bond acceptors (Lipinski definition) is 8. The predicted octanol–water partition coefficient (Wildman–Crippen LogP) is 2.27. The van der Waals surface area contributed by atoms with Gasteiger partial charge in [0.1, 0.15) is 17.8 Å². The molecule has 2 aromatic rings. The zero-order valence-corrected chi connectivity index (χ0v) is 15.0. The molecule has 1 aliphatic carbocycles. The van der Waals surface area contributed by atoms with Crippen LogP contribution in [0.25, 0.3) is 11.5 Å². The number of nitrogens with zero attached hydrogens (tertiary/aromatic N) is 5. The van der Waals surface area contributed by atoms with Crippen molar-refractivity contribution < 1.29 is 22.8 Å². The van der Waals surface area contributed by atoms with E-state index in [0.29, 0.717) is 12.1 Å². The van der Waals surface area contributed by atoms with E-state index < -0.39 is 11.9 Å². The molecular weight excluding hydrogens is 360 g/mol. The first-order chi connectivity index (χ1) is 12.9. The van der Waals surface area contributed by atoms with Crippen molar-refractivity contribution in [2.24, 2.45) is 0 Å². The van der Waals surface area contributed by atoms with Gasteiger partial charge in [0.15, 0.2) is 0 Å². The molecule has 0 radical (unpaired) electrons. The van der Waals surface area contributed by atoms with Gasteiger partial charge in [-0.2, -0.15) is 13.8 Å². The van der Waals surface area contributed by atoms with Gasteiger partial charge in [-0.15, -0.1) is 0 Å². The van der Waals surface area contributed by atoms with E-state index in [9.17, 15) is 13.6 Å². The summed E-state index contributed by atoms with van der Waals surface area (Å²) < 4.78 is 38.6. The highest BCUT2D eigenvalue weighted by Crippen LogP contribution is 2.44. The molecule has 3 heterocycles. The summed E-state index contributed by atoms with van der Waals surface area (Å²) in [5.74, 6) is -3.12. The van der Waals surface area contributed by atoms with Crippen LogP contribution in [0, 0.1) is 0 Å². The molecule has 0 N–H and O–H groups in total. The first-order valence-corrected chi connectivity index (χ1v) is 8.93. The Kier molecular flexibility index (Phi) is 4.27. The first-order valence-electron chi connectivity index (χ1n) is 8.93. The quantitative estimate of drug-likeness (QED) is 0.731. The average Bonchev–Trinajstić information content (AvgIpc) is 3.18. The lowest BCUT2D eigenvalue weighted by Gasteiger charge is -2.39. The maximum absolute atomic E-state index is 14.3. The molecule has 8 nitrogen and oxygen atoms in total. The number of halogens is 2. The van der Waals surface area contributed by atoms with Crippen LogP contribution in [0.15, 0.2) is 4.52 Å². The summed E-state index contributed by atoms with van der Waals surface area (Å²) in [4.78, 5) is 26.2. The number of rotatable bonds is 5. The van der Waals surface area contributed by atoms with E-state index in [1.165, 1.54) is 0 Å². The molecule has 1 atom stereocenters. The molecule has 0 unspecified atom stereocenters. The van der Waals surface area contributed by atoms with Crippen LogP contribution in [0.5, 0.6) is 0 Å². The van der Waals surface area contributed by atoms with Gasteiger partial charge in [-0.3, -0.25) is 4.79 Å². The Morgan fingerprint density at radius 3 is 2.85 bits per heavy atom. The maximum Gasteiger partial charge on any atom is 0.315 e. The Hall–Kier alpha value is -2.65. The third-order valence-electron chi connectivity index (χ3n) is 4.89. The largest absolute Gasteiger partial charge is 0.466 e. The monoisotopic (exact) mass is 379 g/mol. The molecule has 1 fully saturated rings. The Balaban J connectivity index is 1.72. The molecule has 2 aromatic heterocycles. The van der Waals surface area contributed by atoms with Crippen molar-refractivity contribution in [2.45, 2.75) is 51.5 Å². The van der Waals surface area contributed by atoms with Gasteiger partial charge >= 0.3 is 5.97 Å². The van der Waals surface area contributed by atoms with Gasteiger partial charge in [0.25, 0.3) is 5.92 Å². The van der Waals surface area contributed by atoms with Crippen molar-refractivity contribution in [3.8, 4) is 11.5 Å². The van der Waals surface area contributed by atoms with Crippen molar-refractivity contribution in [3.63, 3.8) is 0 Å². The summed E-state index contributed by atoms with van der Waals surface area (Å²) in [7, 11) is 0. The number of alkyl halides is 2. The Labute approximate surface area is 153 Å². The predicted molar refractivity (Wildman–Crippen MR) is 89.3 cm³/mol. The van der Waals surface area contributed by atoms with Gasteiger partial charge < -0.3 is 14.2 Å². The van der Waals surface area contributed by atoms with E-state index in [1.54, 1.807) is 6.92 Å². The number of hydrogen-bond donors (Lipinski definition) is 0. The van der Waals surface area contributed by atoms with Crippen LogP contribution in [0.1, 0.15) is 43.8 Å². The van der Waals surface area contributed by atoms with Crippen LogP contribution >= 0.6 is 0 Å². The second-order valence-corrected chi connectivity index (χ2v) is 6.73. The lowest BCUT2D eigenvalue weighted by Crippen LogP contribution is -2.47. The normalized spacial score (nSPS) is 20.3. The smallest absolute Gasteiger partial charge is 0.315 e. The molecule has 4 rings (SSSR count). The Morgan fingerprint density at radius 2 is 2.19 bits per heavy atom. The molecule has 2 aliphatic rings. The van der Waals surface area contributed by atoms with E-state index in [4.69, 9.17) is 9.26 Å². The maximum atomic E-state index is 14.3. The van der Waals surface area contributed by atoms with E-state index >= 15 is 0 Å². The Morgan fingerprint density at radius 1 is 1.37 bits per heavy atom. The van der Waals surface area contributed by atoms with E-state index in [2.05, 4.69) is 20.1 Å². The highest BCUT2D eigenvalue weighted by Gasteiger charge is 2.44.